The molecule has 32 heavy (non-hydrogen) atoms. The van der Waals surface area contributed by atoms with Crippen molar-refractivity contribution in [2.45, 2.75) is 58.3 Å². The van der Waals surface area contributed by atoms with Crippen LogP contribution in [0.5, 0.6) is 0 Å². The van der Waals surface area contributed by atoms with Crippen LogP contribution in [-0.4, -0.2) is 6.16 Å². The Bertz CT molecular complexity index is 846. The molecule has 0 radical (unpaired) electrons. The summed E-state index contributed by atoms with van der Waals surface area (Å²) in [6.45, 7) is 2.31. The summed E-state index contributed by atoms with van der Waals surface area (Å²) in [7, 11) is 0. The van der Waals surface area contributed by atoms with Crippen molar-refractivity contribution in [2.24, 2.45) is 11.8 Å². The van der Waals surface area contributed by atoms with Crippen LogP contribution in [0.25, 0.3) is 0 Å². The van der Waals surface area contributed by atoms with Crippen LogP contribution in [0.2, 0.25) is 0 Å². The van der Waals surface area contributed by atoms with E-state index < -0.39 is 5.31 Å². The molecule has 3 aromatic rings. The quantitative estimate of drug-likeness (QED) is 0.201. The average Bonchev–Trinajstić information content (AvgIpc) is 2.87. The maximum absolute atomic E-state index is 4.65. The van der Waals surface area contributed by atoms with Crippen LogP contribution in [0.3, 0.4) is 0 Å². The summed E-state index contributed by atoms with van der Waals surface area (Å²) in [4.78, 5) is 0. The zero-order chi connectivity index (χ0) is 22.3. The van der Waals surface area contributed by atoms with E-state index in [0.29, 0.717) is 0 Å². The number of hydrogen-bond donors (Lipinski definition) is 0. The summed E-state index contributed by atoms with van der Waals surface area (Å²) in [6, 6.07) is 33.9. The standard InChI is InChI=1S/C30H38BrP/c1-2-3-7-14-26-21-23-27(24-22-26)25-32(31,28-15-8-4-9-16-28,29-17-10-5-11-18-29)30-19-12-6-13-20-30/h4-6,8-13,15-20,26-27H,2-3,7,14,21-25H2,1H3. The van der Waals surface area contributed by atoms with Gasteiger partial charge < -0.3 is 0 Å². The normalized spacial score (nSPS) is 20.4. The second-order valence-corrected chi connectivity index (χ2v) is 18.7. The number of hydrogen-bond acceptors (Lipinski definition) is 0. The number of rotatable bonds is 9. The monoisotopic (exact) mass is 508 g/mol. The van der Waals surface area contributed by atoms with E-state index in [1.54, 1.807) is 0 Å². The molecule has 0 atom stereocenters. The van der Waals surface area contributed by atoms with Crippen LogP contribution in [0.1, 0.15) is 58.3 Å². The number of unbranched alkanes of at least 4 members (excludes halogenated alkanes) is 2. The second-order valence-electron chi connectivity index (χ2n) is 9.75. The van der Waals surface area contributed by atoms with Gasteiger partial charge in [0.25, 0.3) is 0 Å². The van der Waals surface area contributed by atoms with E-state index in [1.807, 2.05) is 0 Å². The third-order valence-electron chi connectivity index (χ3n) is 7.67. The van der Waals surface area contributed by atoms with Crippen molar-refractivity contribution in [3.05, 3.63) is 91.0 Å². The minimum absolute atomic E-state index is 0.759. The Hall–Kier alpha value is -1.43. The Morgan fingerprint density at radius 1 is 0.625 bits per heavy atom. The SMILES string of the molecule is CCCCCC1CCC(CP(Br)(c2ccccc2)(c2ccccc2)c2ccccc2)CC1. The van der Waals surface area contributed by atoms with Gasteiger partial charge in [-0.05, 0) is 0 Å². The Morgan fingerprint density at radius 2 is 1.03 bits per heavy atom. The van der Waals surface area contributed by atoms with Gasteiger partial charge in [0.2, 0.25) is 0 Å². The fourth-order valence-corrected chi connectivity index (χ4v) is 14.5. The van der Waals surface area contributed by atoms with Crippen molar-refractivity contribution in [3.8, 4) is 0 Å². The van der Waals surface area contributed by atoms with Crippen molar-refractivity contribution in [1.82, 2.24) is 0 Å². The first-order chi connectivity index (χ1) is 15.6. The molecule has 3 aromatic carbocycles. The van der Waals surface area contributed by atoms with Crippen LogP contribution in [-0.2, 0) is 0 Å². The van der Waals surface area contributed by atoms with E-state index in [0.717, 1.165) is 11.8 Å². The van der Waals surface area contributed by atoms with Crippen LogP contribution in [0.15, 0.2) is 91.0 Å². The predicted octanol–water partition coefficient (Wildman–Crippen LogP) is 8.21. The van der Waals surface area contributed by atoms with E-state index in [2.05, 4.69) is 113 Å². The first-order valence-corrected chi connectivity index (χ1v) is 17.0. The summed E-state index contributed by atoms with van der Waals surface area (Å²) >= 11 is 4.65. The van der Waals surface area contributed by atoms with Gasteiger partial charge in [0, 0.05) is 0 Å². The van der Waals surface area contributed by atoms with Gasteiger partial charge in [-0.15, -0.1) is 0 Å². The fourth-order valence-electron chi connectivity index (χ4n) is 5.85. The molecule has 0 nitrogen and oxygen atoms in total. The molecular formula is C30H38BrP. The molecule has 0 spiro atoms. The van der Waals surface area contributed by atoms with Gasteiger partial charge in [0.05, 0.1) is 0 Å². The van der Waals surface area contributed by atoms with Crippen LogP contribution in [0.4, 0.5) is 0 Å². The third kappa shape index (κ3) is 4.76. The molecule has 0 saturated heterocycles. The Labute approximate surface area is 203 Å². The van der Waals surface area contributed by atoms with Crippen molar-refractivity contribution in [2.75, 3.05) is 6.16 Å². The van der Waals surface area contributed by atoms with Gasteiger partial charge in [0.15, 0.2) is 0 Å². The molecule has 0 N–H and O–H groups in total. The Morgan fingerprint density at radius 3 is 1.44 bits per heavy atom. The molecule has 170 valence electrons. The minimum atomic E-state index is -2.77. The van der Waals surface area contributed by atoms with Gasteiger partial charge in [-0.3, -0.25) is 0 Å². The molecule has 0 heterocycles. The first kappa shape index (κ1) is 23.7. The fraction of sp³-hybridized carbons (Fsp3) is 0.400. The zero-order valence-electron chi connectivity index (χ0n) is 19.5. The van der Waals surface area contributed by atoms with Crippen molar-refractivity contribution < 1.29 is 0 Å². The van der Waals surface area contributed by atoms with Crippen LogP contribution >= 0.6 is 20.8 Å². The summed E-state index contributed by atoms with van der Waals surface area (Å²) in [5.74, 6) is 1.71. The molecule has 1 aliphatic rings. The van der Waals surface area contributed by atoms with Crippen LogP contribution in [0, 0.1) is 11.8 Å². The van der Waals surface area contributed by atoms with Crippen molar-refractivity contribution in [3.63, 3.8) is 0 Å². The van der Waals surface area contributed by atoms with E-state index in [-0.39, 0.29) is 0 Å². The van der Waals surface area contributed by atoms with Gasteiger partial charge in [-0.2, -0.15) is 0 Å². The van der Waals surface area contributed by atoms with Crippen LogP contribution < -0.4 is 15.9 Å². The molecular weight excluding hydrogens is 471 g/mol. The zero-order valence-corrected chi connectivity index (χ0v) is 22.0. The predicted molar refractivity (Wildman–Crippen MR) is 149 cm³/mol. The number of halogens is 1. The molecule has 4 rings (SSSR count). The van der Waals surface area contributed by atoms with Crippen molar-refractivity contribution >= 4 is 36.7 Å². The topological polar surface area (TPSA) is 0 Å². The molecule has 0 bridgehead atoms. The average molecular weight is 510 g/mol. The van der Waals surface area contributed by atoms with E-state index in [9.17, 15) is 0 Å². The van der Waals surface area contributed by atoms with Gasteiger partial charge in [-0.1, -0.05) is 0 Å². The molecule has 0 amide bonds. The van der Waals surface area contributed by atoms with Crippen molar-refractivity contribution in [1.29, 1.82) is 0 Å². The molecule has 0 aromatic heterocycles. The third-order valence-corrected chi connectivity index (χ3v) is 17.5. The molecule has 1 fully saturated rings. The van der Waals surface area contributed by atoms with Gasteiger partial charge >= 0.3 is 204 Å². The molecule has 1 aliphatic carbocycles. The summed E-state index contributed by atoms with van der Waals surface area (Å²) in [5, 5.41) is 1.61. The Kier molecular flexibility index (Phi) is 7.91. The van der Waals surface area contributed by atoms with Gasteiger partial charge in [-0.25, -0.2) is 0 Å². The summed E-state index contributed by atoms with van der Waals surface area (Å²) in [5.41, 5.74) is 0. The summed E-state index contributed by atoms with van der Waals surface area (Å²) in [6.07, 6.45) is 12.4. The van der Waals surface area contributed by atoms with Gasteiger partial charge in [0.1, 0.15) is 0 Å². The van der Waals surface area contributed by atoms with E-state index in [1.165, 1.54) is 73.4 Å². The number of benzene rings is 3. The van der Waals surface area contributed by atoms with E-state index in [4.69, 9.17) is 0 Å². The molecule has 1 saturated carbocycles. The second kappa shape index (κ2) is 10.7. The Balaban J connectivity index is 1.73. The summed E-state index contributed by atoms with van der Waals surface area (Å²) < 4.78 is 0. The maximum atomic E-state index is 4.65. The first-order valence-electron chi connectivity index (χ1n) is 12.5. The van der Waals surface area contributed by atoms with E-state index >= 15 is 0 Å². The molecule has 0 unspecified atom stereocenters. The molecule has 0 aliphatic heterocycles. The molecule has 2 heteroatoms.